The summed E-state index contributed by atoms with van der Waals surface area (Å²) in [5.41, 5.74) is 2.33. The molecule has 0 aliphatic rings. The molecule has 5 heteroatoms. The maximum absolute atomic E-state index is 5.15. The van der Waals surface area contributed by atoms with Crippen molar-refractivity contribution in [3.05, 3.63) is 41.7 Å². The second-order valence-corrected chi connectivity index (χ2v) is 4.84. The molecule has 1 aromatic carbocycles. The summed E-state index contributed by atoms with van der Waals surface area (Å²) in [4.78, 5) is 11.1. The van der Waals surface area contributed by atoms with Gasteiger partial charge in [-0.1, -0.05) is 18.2 Å². The number of benzene rings is 1. The average Bonchev–Trinajstić information content (AvgIpc) is 2.47. The Morgan fingerprint density at radius 1 is 1.24 bits per heavy atom. The molecule has 0 saturated heterocycles. The van der Waals surface area contributed by atoms with Crippen LogP contribution >= 0.6 is 0 Å². The van der Waals surface area contributed by atoms with E-state index in [1.54, 1.807) is 7.11 Å². The van der Waals surface area contributed by atoms with E-state index in [4.69, 9.17) is 4.74 Å². The van der Waals surface area contributed by atoms with Gasteiger partial charge in [0.25, 0.3) is 0 Å². The number of rotatable bonds is 6. The van der Waals surface area contributed by atoms with Gasteiger partial charge >= 0.3 is 0 Å². The van der Waals surface area contributed by atoms with E-state index in [0.29, 0.717) is 12.4 Å². The molecule has 0 unspecified atom stereocenters. The van der Waals surface area contributed by atoms with Crippen molar-refractivity contribution < 1.29 is 4.74 Å². The van der Waals surface area contributed by atoms with Crippen molar-refractivity contribution in [3.63, 3.8) is 0 Å². The first kappa shape index (κ1) is 15.3. The summed E-state index contributed by atoms with van der Waals surface area (Å²) in [6.45, 7) is 5.35. The van der Waals surface area contributed by atoms with Crippen LogP contribution in [0.3, 0.4) is 0 Å². The summed E-state index contributed by atoms with van der Waals surface area (Å²) in [6.07, 6.45) is 0. The second-order valence-electron chi connectivity index (χ2n) is 4.84. The van der Waals surface area contributed by atoms with Crippen LogP contribution in [0.5, 0.6) is 0 Å². The lowest BCUT2D eigenvalue weighted by Crippen LogP contribution is -2.15. The van der Waals surface area contributed by atoms with Crippen molar-refractivity contribution in [1.82, 2.24) is 9.97 Å². The van der Waals surface area contributed by atoms with Gasteiger partial charge in [0.1, 0.15) is 18.2 Å². The number of aromatic nitrogens is 2. The number of hydrogen-bond acceptors (Lipinski definition) is 5. The van der Waals surface area contributed by atoms with E-state index in [0.717, 1.165) is 23.9 Å². The zero-order valence-electron chi connectivity index (χ0n) is 13.1. The normalized spacial score (nSPS) is 10.5. The van der Waals surface area contributed by atoms with Crippen LogP contribution in [0.15, 0.2) is 30.3 Å². The molecule has 112 valence electrons. The Hall–Kier alpha value is -2.14. The van der Waals surface area contributed by atoms with Crippen molar-refractivity contribution in [2.45, 2.75) is 20.5 Å². The SMILES string of the molecule is CCNc1cc(N(C)c2ccccc2C)nc(COC)n1. The van der Waals surface area contributed by atoms with E-state index >= 15 is 0 Å². The molecule has 1 N–H and O–H groups in total. The molecule has 0 spiro atoms. The van der Waals surface area contributed by atoms with Crippen LogP contribution < -0.4 is 10.2 Å². The van der Waals surface area contributed by atoms with E-state index in [9.17, 15) is 0 Å². The third-order valence-electron chi connectivity index (χ3n) is 3.21. The van der Waals surface area contributed by atoms with Gasteiger partial charge in [0.15, 0.2) is 5.82 Å². The molecule has 0 aliphatic heterocycles. The van der Waals surface area contributed by atoms with E-state index in [-0.39, 0.29) is 0 Å². The Morgan fingerprint density at radius 3 is 2.67 bits per heavy atom. The number of aryl methyl sites for hydroxylation is 1. The number of methoxy groups -OCH3 is 1. The molecule has 2 aromatic rings. The smallest absolute Gasteiger partial charge is 0.158 e. The number of anilines is 3. The summed E-state index contributed by atoms with van der Waals surface area (Å²) in [5.74, 6) is 2.34. The minimum absolute atomic E-state index is 0.397. The van der Waals surface area contributed by atoms with Gasteiger partial charge in [-0.15, -0.1) is 0 Å². The van der Waals surface area contributed by atoms with Crippen LogP contribution in [-0.2, 0) is 11.3 Å². The predicted octanol–water partition coefficient (Wildman–Crippen LogP) is 3.13. The van der Waals surface area contributed by atoms with Crippen LogP contribution in [-0.4, -0.2) is 30.7 Å². The Balaban J connectivity index is 2.39. The highest BCUT2D eigenvalue weighted by atomic mass is 16.5. The predicted molar refractivity (Wildman–Crippen MR) is 86.2 cm³/mol. The number of para-hydroxylation sites is 1. The third kappa shape index (κ3) is 3.70. The van der Waals surface area contributed by atoms with Crippen molar-refractivity contribution in [1.29, 1.82) is 0 Å². The molecule has 2 rings (SSSR count). The summed E-state index contributed by atoms with van der Waals surface area (Å²) in [7, 11) is 3.66. The first-order chi connectivity index (χ1) is 10.2. The fourth-order valence-electron chi connectivity index (χ4n) is 2.18. The molecule has 0 aliphatic carbocycles. The van der Waals surface area contributed by atoms with Crippen molar-refractivity contribution >= 4 is 17.3 Å². The Kier molecular flexibility index (Phi) is 5.11. The molecule has 1 heterocycles. The maximum atomic E-state index is 5.15. The van der Waals surface area contributed by atoms with Crippen molar-refractivity contribution in [2.24, 2.45) is 0 Å². The minimum Gasteiger partial charge on any atom is -0.377 e. The Bertz CT molecular complexity index is 576. The highest BCUT2D eigenvalue weighted by Gasteiger charge is 2.11. The lowest BCUT2D eigenvalue weighted by Gasteiger charge is -2.21. The van der Waals surface area contributed by atoms with E-state index in [1.165, 1.54) is 5.56 Å². The molecule has 0 amide bonds. The molecule has 5 nitrogen and oxygen atoms in total. The van der Waals surface area contributed by atoms with Gasteiger partial charge < -0.3 is 15.0 Å². The van der Waals surface area contributed by atoms with Crippen LogP contribution in [0.4, 0.5) is 17.3 Å². The fourth-order valence-corrected chi connectivity index (χ4v) is 2.18. The quantitative estimate of drug-likeness (QED) is 0.884. The number of hydrogen-bond donors (Lipinski definition) is 1. The van der Waals surface area contributed by atoms with Crippen LogP contribution in [0, 0.1) is 6.92 Å². The van der Waals surface area contributed by atoms with Crippen molar-refractivity contribution in [3.8, 4) is 0 Å². The van der Waals surface area contributed by atoms with Gasteiger partial charge in [0.2, 0.25) is 0 Å². The Morgan fingerprint density at radius 2 is 2.00 bits per heavy atom. The average molecular weight is 286 g/mol. The van der Waals surface area contributed by atoms with E-state index in [2.05, 4.69) is 39.2 Å². The van der Waals surface area contributed by atoms with Crippen LogP contribution in [0.1, 0.15) is 18.3 Å². The van der Waals surface area contributed by atoms with Crippen LogP contribution in [0.25, 0.3) is 0 Å². The van der Waals surface area contributed by atoms with Gasteiger partial charge in [0, 0.05) is 32.5 Å². The number of nitrogens with zero attached hydrogens (tertiary/aromatic N) is 3. The van der Waals surface area contributed by atoms with E-state index in [1.807, 2.05) is 32.2 Å². The fraction of sp³-hybridized carbons (Fsp3) is 0.375. The topological polar surface area (TPSA) is 50.3 Å². The molecular weight excluding hydrogens is 264 g/mol. The summed E-state index contributed by atoms with van der Waals surface area (Å²) >= 11 is 0. The lowest BCUT2D eigenvalue weighted by atomic mass is 10.2. The van der Waals surface area contributed by atoms with Gasteiger partial charge in [-0.25, -0.2) is 9.97 Å². The zero-order chi connectivity index (χ0) is 15.2. The molecule has 1 aromatic heterocycles. The minimum atomic E-state index is 0.397. The highest BCUT2D eigenvalue weighted by Crippen LogP contribution is 2.26. The lowest BCUT2D eigenvalue weighted by molar-refractivity contribution is 0.178. The first-order valence-electron chi connectivity index (χ1n) is 7.05. The standard InChI is InChI=1S/C16H22N4O/c1-5-17-14-10-16(19-15(18-14)11-21-4)20(3)13-9-7-6-8-12(13)2/h6-10H,5,11H2,1-4H3,(H,17,18,19). The zero-order valence-corrected chi connectivity index (χ0v) is 13.1. The van der Waals surface area contributed by atoms with Crippen molar-refractivity contribution in [2.75, 3.05) is 30.9 Å². The highest BCUT2D eigenvalue weighted by molar-refractivity contribution is 5.64. The molecule has 21 heavy (non-hydrogen) atoms. The molecular formula is C16H22N4O. The van der Waals surface area contributed by atoms with Gasteiger partial charge in [-0.05, 0) is 25.5 Å². The third-order valence-corrected chi connectivity index (χ3v) is 3.21. The number of nitrogens with one attached hydrogen (secondary N) is 1. The molecule has 0 fully saturated rings. The summed E-state index contributed by atoms with van der Waals surface area (Å²) in [6, 6.07) is 10.2. The van der Waals surface area contributed by atoms with E-state index < -0.39 is 0 Å². The molecule has 0 bridgehead atoms. The summed E-state index contributed by atoms with van der Waals surface area (Å²) in [5, 5.41) is 3.23. The second kappa shape index (κ2) is 7.04. The van der Waals surface area contributed by atoms with Gasteiger partial charge in [-0.3, -0.25) is 0 Å². The monoisotopic (exact) mass is 286 g/mol. The summed E-state index contributed by atoms with van der Waals surface area (Å²) < 4.78 is 5.15. The Labute approximate surface area is 126 Å². The maximum Gasteiger partial charge on any atom is 0.158 e. The number of ether oxygens (including phenoxy) is 1. The molecule has 0 atom stereocenters. The largest absolute Gasteiger partial charge is 0.377 e. The van der Waals surface area contributed by atoms with Crippen LogP contribution in [0.2, 0.25) is 0 Å². The first-order valence-corrected chi connectivity index (χ1v) is 7.05. The molecule has 0 radical (unpaired) electrons. The van der Waals surface area contributed by atoms with Gasteiger partial charge in [0.05, 0.1) is 0 Å². The van der Waals surface area contributed by atoms with Gasteiger partial charge in [-0.2, -0.15) is 0 Å². The molecule has 0 saturated carbocycles.